The average Bonchev–Trinajstić information content (AvgIpc) is 3.31. The molecule has 1 aliphatic heterocycles. The van der Waals surface area contributed by atoms with Crippen LogP contribution in [-0.4, -0.2) is 76.0 Å². The SMILES string of the molecule is CCOc1cccc2sc(N(CCCN3CCOCC3)C(=O)c3ccc(OC)c(OC)c3)nc12. The number of methoxy groups -OCH3 is 2. The molecule has 2 aromatic carbocycles. The molecule has 1 aromatic heterocycles. The third kappa shape index (κ3) is 5.43. The minimum Gasteiger partial charge on any atom is -0.493 e. The molecule has 1 saturated heterocycles. The first-order valence-electron chi connectivity index (χ1n) is 11.5. The lowest BCUT2D eigenvalue weighted by Gasteiger charge is -2.27. The predicted octanol–water partition coefficient (Wildman–Crippen LogP) is 4.08. The van der Waals surface area contributed by atoms with Gasteiger partial charge in [-0.3, -0.25) is 14.6 Å². The van der Waals surface area contributed by atoms with Gasteiger partial charge in [0.25, 0.3) is 5.91 Å². The molecule has 0 unspecified atom stereocenters. The number of benzene rings is 2. The number of amides is 1. The molecular weight excluding hydrogens is 454 g/mol. The number of hydrogen-bond donors (Lipinski definition) is 0. The number of ether oxygens (including phenoxy) is 4. The molecule has 0 N–H and O–H groups in total. The highest BCUT2D eigenvalue weighted by atomic mass is 32.1. The van der Waals surface area contributed by atoms with Crippen molar-refractivity contribution in [3.63, 3.8) is 0 Å². The fourth-order valence-electron chi connectivity index (χ4n) is 3.99. The van der Waals surface area contributed by atoms with Gasteiger partial charge >= 0.3 is 0 Å². The fraction of sp³-hybridized carbons (Fsp3) is 0.440. The van der Waals surface area contributed by atoms with Crippen molar-refractivity contribution < 1.29 is 23.7 Å². The second-order valence-corrected chi connectivity index (χ2v) is 8.88. The molecule has 0 radical (unpaired) electrons. The van der Waals surface area contributed by atoms with E-state index in [1.54, 1.807) is 37.3 Å². The van der Waals surface area contributed by atoms with Gasteiger partial charge in [0.1, 0.15) is 11.3 Å². The lowest BCUT2D eigenvalue weighted by Crippen LogP contribution is -2.39. The standard InChI is InChI=1S/C25H31N3O5S/c1-4-33-20-7-5-8-22-23(20)26-25(34-22)28(12-6-11-27-13-15-32-16-14-27)24(29)18-9-10-19(30-2)21(17-18)31-3/h5,7-10,17H,4,6,11-16H2,1-3H3. The Morgan fingerprint density at radius 1 is 1.12 bits per heavy atom. The van der Waals surface area contributed by atoms with Crippen LogP contribution in [0.5, 0.6) is 17.2 Å². The summed E-state index contributed by atoms with van der Waals surface area (Å²) in [5.74, 6) is 1.71. The van der Waals surface area contributed by atoms with Gasteiger partial charge in [0, 0.05) is 31.7 Å². The van der Waals surface area contributed by atoms with Crippen LogP contribution in [0.2, 0.25) is 0 Å². The van der Waals surface area contributed by atoms with Crippen LogP contribution in [0.25, 0.3) is 10.2 Å². The Balaban J connectivity index is 1.63. The number of fused-ring (bicyclic) bond motifs is 1. The Labute approximate surface area is 204 Å². The summed E-state index contributed by atoms with van der Waals surface area (Å²) in [5, 5.41) is 0.656. The predicted molar refractivity (Wildman–Crippen MR) is 134 cm³/mol. The maximum atomic E-state index is 13.7. The van der Waals surface area contributed by atoms with E-state index in [1.807, 2.05) is 25.1 Å². The first kappa shape index (κ1) is 24.3. The number of anilines is 1. The van der Waals surface area contributed by atoms with Gasteiger partial charge < -0.3 is 18.9 Å². The summed E-state index contributed by atoms with van der Waals surface area (Å²) in [5.41, 5.74) is 1.30. The van der Waals surface area contributed by atoms with Crippen molar-refractivity contribution in [3.8, 4) is 17.2 Å². The highest BCUT2D eigenvalue weighted by Gasteiger charge is 2.24. The van der Waals surface area contributed by atoms with Gasteiger partial charge in [0.15, 0.2) is 16.6 Å². The summed E-state index contributed by atoms with van der Waals surface area (Å²) in [4.78, 5) is 22.7. The van der Waals surface area contributed by atoms with Crippen molar-refractivity contribution in [2.75, 3.05) is 65.1 Å². The van der Waals surface area contributed by atoms with E-state index in [-0.39, 0.29) is 5.91 Å². The highest BCUT2D eigenvalue weighted by molar-refractivity contribution is 7.22. The number of aromatic nitrogens is 1. The normalized spacial score (nSPS) is 14.2. The van der Waals surface area contributed by atoms with Crippen LogP contribution in [0.3, 0.4) is 0 Å². The Bertz CT molecular complexity index is 1110. The third-order valence-electron chi connectivity index (χ3n) is 5.74. The quantitative estimate of drug-likeness (QED) is 0.428. The minimum absolute atomic E-state index is 0.125. The van der Waals surface area contributed by atoms with E-state index in [9.17, 15) is 4.79 Å². The second kappa shape index (κ2) is 11.5. The van der Waals surface area contributed by atoms with Crippen LogP contribution in [0.1, 0.15) is 23.7 Å². The van der Waals surface area contributed by atoms with E-state index in [0.717, 1.165) is 55.2 Å². The monoisotopic (exact) mass is 485 g/mol. The lowest BCUT2D eigenvalue weighted by atomic mass is 10.1. The molecule has 0 atom stereocenters. The Kier molecular flexibility index (Phi) is 8.21. The summed E-state index contributed by atoms with van der Waals surface area (Å²) in [6.07, 6.45) is 0.827. The molecule has 1 fully saturated rings. The molecule has 34 heavy (non-hydrogen) atoms. The smallest absolute Gasteiger partial charge is 0.260 e. The molecule has 3 aromatic rings. The van der Waals surface area contributed by atoms with Crippen LogP contribution in [0, 0.1) is 0 Å². The molecule has 0 aliphatic carbocycles. The van der Waals surface area contributed by atoms with Crippen molar-refractivity contribution in [1.82, 2.24) is 9.88 Å². The van der Waals surface area contributed by atoms with Crippen LogP contribution in [0.15, 0.2) is 36.4 Å². The molecule has 182 valence electrons. The number of carbonyl (C=O) groups is 1. The summed E-state index contributed by atoms with van der Waals surface area (Å²) >= 11 is 1.50. The zero-order chi connectivity index (χ0) is 23.9. The molecule has 0 spiro atoms. The van der Waals surface area contributed by atoms with Crippen molar-refractivity contribution in [1.29, 1.82) is 0 Å². The molecular formula is C25H31N3O5S. The van der Waals surface area contributed by atoms with E-state index in [2.05, 4.69) is 4.90 Å². The van der Waals surface area contributed by atoms with E-state index in [4.69, 9.17) is 23.9 Å². The van der Waals surface area contributed by atoms with E-state index in [0.29, 0.717) is 35.3 Å². The molecule has 9 heteroatoms. The van der Waals surface area contributed by atoms with Gasteiger partial charge in [-0.25, -0.2) is 4.98 Å². The summed E-state index contributed by atoms with van der Waals surface area (Å²) in [6.45, 7) is 7.30. The van der Waals surface area contributed by atoms with Crippen LogP contribution >= 0.6 is 11.3 Å². The maximum Gasteiger partial charge on any atom is 0.260 e. The number of thiazole rings is 1. The fourth-order valence-corrected chi connectivity index (χ4v) is 4.99. The van der Waals surface area contributed by atoms with Gasteiger partial charge in [-0.2, -0.15) is 0 Å². The van der Waals surface area contributed by atoms with Gasteiger partial charge in [0.2, 0.25) is 0 Å². The second-order valence-electron chi connectivity index (χ2n) is 7.87. The van der Waals surface area contributed by atoms with Gasteiger partial charge in [0.05, 0.1) is 38.7 Å². The Morgan fingerprint density at radius 3 is 2.65 bits per heavy atom. The number of carbonyl (C=O) groups excluding carboxylic acids is 1. The molecule has 0 saturated carbocycles. The van der Waals surface area contributed by atoms with E-state index < -0.39 is 0 Å². The summed E-state index contributed by atoms with van der Waals surface area (Å²) in [7, 11) is 3.14. The number of hydrogen-bond acceptors (Lipinski definition) is 8. The van der Waals surface area contributed by atoms with E-state index in [1.165, 1.54) is 11.3 Å². The van der Waals surface area contributed by atoms with Crippen molar-refractivity contribution >= 4 is 32.6 Å². The molecule has 0 bridgehead atoms. The Morgan fingerprint density at radius 2 is 1.91 bits per heavy atom. The number of nitrogens with zero attached hydrogens (tertiary/aromatic N) is 3. The molecule has 8 nitrogen and oxygen atoms in total. The Hall–Kier alpha value is -2.88. The molecule has 1 amide bonds. The third-order valence-corrected chi connectivity index (χ3v) is 6.78. The van der Waals surface area contributed by atoms with Gasteiger partial charge in [-0.15, -0.1) is 0 Å². The van der Waals surface area contributed by atoms with Crippen molar-refractivity contribution in [2.24, 2.45) is 0 Å². The molecule has 4 rings (SSSR count). The highest BCUT2D eigenvalue weighted by Crippen LogP contribution is 2.35. The zero-order valence-corrected chi connectivity index (χ0v) is 20.7. The number of morpholine rings is 1. The van der Waals surface area contributed by atoms with Crippen LogP contribution in [-0.2, 0) is 4.74 Å². The summed E-state index contributed by atoms with van der Waals surface area (Å²) in [6, 6.07) is 11.1. The number of rotatable bonds is 10. The summed E-state index contributed by atoms with van der Waals surface area (Å²) < 4.78 is 23.0. The zero-order valence-electron chi connectivity index (χ0n) is 19.9. The van der Waals surface area contributed by atoms with E-state index >= 15 is 0 Å². The van der Waals surface area contributed by atoms with Crippen molar-refractivity contribution in [2.45, 2.75) is 13.3 Å². The van der Waals surface area contributed by atoms with Crippen molar-refractivity contribution in [3.05, 3.63) is 42.0 Å². The topological polar surface area (TPSA) is 73.4 Å². The maximum absolute atomic E-state index is 13.7. The number of para-hydroxylation sites is 1. The van der Waals surface area contributed by atoms with Crippen LogP contribution < -0.4 is 19.1 Å². The largest absolute Gasteiger partial charge is 0.493 e. The first-order chi connectivity index (χ1) is 16.6. The van der Waals surface area contributed by atoms with Gasteiger partial charge in [-0.1, -0.05) is 17.4 Å². The lowest BCUT2D eigenvalue weighted by molar-refractivity contribution is 0.0376. The average molecular weight is 486 g/mol. The van der Waals surface area contributed by atoms with Crippen LogP contribution in [0.4, 0.5) is 5.13 Å². The first-order valence-corrected chi connectivity index (χ1v) is 12.3. The molecule has 1 aliphatic rings. The minimum atomic E-state index is -0.125. The molecule has 2 heterocycles. The van der Waals surface area contributed by atoms with Gasteiger partial charge in [-0.05, 0) is 43.7 Å².